The van der Waals surface area contributed by atoms with Gasteiger partial charge in [0, 0.05) is 18.9 Å². The standard InChI is InChI=1S/C10H15N3O3S/c14-10(7-13-4-1-3-12-13)11-6-9-2-5-17(15,16)8-9/h1,3-4,9H,2,5-8H2,(H,11,14)/t9-/m0/s1. The molecule has 1 N–H and O–H groups in total. The van der Waals surface area contributed by atoms with Crippen LogP contribution in [-0.2, 0) is 21.2 Å². The monoisotopic (exact) mass is 257 g/mol. The molecular weight excluding hydrogens is 242 g/mol. The second-order valence-electron chi connectivity index (χ2n) is 4.28. The molecule has 0 spiro atoms. The number of nitrogens with one attached hydrogen (secondary N) is 1. The molecule has 0 aliphatic carbocycles. The lowest BCUT2D eigenvalue weighted by molar-refractivity contribution is -0.122. The third kappa shape index (κ3) is 3.55. The summed E-state index contributed by atoms with van der Waals surface area (Å²) < 4.78 is 24.0. The molecule has 2 rings (SSSR count). The van der Waals surface area contributed by atoms with E-state index in [9.17, 15) is 13.2 Å². The molecule has 0 radical (unpaired) electrons. The van der Waals surface area contributed by atoms with Crippen LogP contribution in [0.3, 0.4) is 0 Å². The zero-order valence-electron chi connectivity index (χ0n) is 9.37. The number of hydrogen-bond acceptors (Lipinski definition) is 4. The minimum atomic E-state index is -2.86. The predicted molar refractivity (Wildman–Crippen MR) is 62.0 cm³/mol. The van der Waals surface area contributed by atoms with Gasteiger partial charge in [0.2, 0.25) is 5.91 Å². The molecule has 0 aromatic carbocycles. The van der Waals surface area contributed by atoms with Gasteiger partial charge in [-0.3, -0.25) is 9.48 Å². The third-order valence-corrected chi connectivity index (χ3v) is 4.62. The van der Waals surface area contributed by atoms with E-state index in [2.05, 4.69) is 10.4 Å². The Morgan fingerprint density at radius 1 is 1.53 bits per heavy atom. The molecule has 0 saturated carbocycles. The molecule has 1 saturated heterocycles. The van der Waals surface area contributed by atoms with Crippen LogP contribution in [0, 0.1) is 5.92 Å². The Morgan fingerprint density at radius 2 is 2.35 bits per heavy atom. The zero-order chi connectivity index (χ0) is 12.3. The fraction of sp³-hybridized carbons (Fsp3) is 0.600. The van der Waals surface area contributed by atoms with Gasteiger partial charge >= 0.3 is 0 Å². The summed E-state index contributed by atoms with van der Waals surface area (Å²) in [5.41, 5.74) is 0. The van der Waals surface area contributed by atoms with Crippen LogP contribution in [0.15, 0.2) is 18.5 Å². The predicted octanol–water partition coefficient (Wildman–Crippen LogP) is -0.566. The van der Waals surface area contributed by atoms with Crippen molar-refractivity contribution in [3.05, 3.63) is 18.5 Å². The van der Waals surface area contributed by atoms with E-state index in [0.29, 0.717) is 13.0 Å². The van der Waals surface area contributed by atoms with Gasteiger partial charge in [-0.15, -0.1) is 0 Å². The zero-order valence-corrected chi connectivity index (χ0v) is 10.2. The largest absolute Gasteiger partial charge is 0.354 e. The van der Waals surface area contributed by atoms with E-state index in [0.717, 1.165) is 0 Å². The Bertz CT molecular complexity index is 481. The number of sulfone groups is 1. The second-order valence-corrected chi connectivity index (χ2v) is 6.51. The number of amides is 1. The summed E-state index contributed by atoms with van der Waals surface area (Å²) in [5, 5.41) is 6.66. The van der Waals surface area contributed by atoms with Gasteiger partial charge in [-0.1, -0.05) is 0 Å². The van der Waals surface area contributed by atoms with Gasteiger partial charge in [-0.2, -0.15) is 5.10 Å². The topological polar surface area (TPSA) is 81.1 Å². The van der Waals surface area contributed by atoms with Crippen LogP contribution in [0.1, 0.15) is 6.42 Å². The lowest BCUT2D eigenvalue weighted by Gasteiger charge is -2.09. The first-order valence-corrected chi connectivity index (χ1v) is 7.32. The molecule has 94 valence electrons. The Labute approximate surface area is 99.9 Å². The summed E-state index contributed by atoms with van der Waals surface area (Å²) >= 11 is 0. The molecule has 17 heavy (non-hydrogen) atoms. The van der Waals surface area contributed by atoms with Gasteiger partial charge in [0.05, 0.1) is 11.5 Å². The smallest absolute Gasteiger partial charge is 0.241 e. The van der Waals surface area contributed by atoms with Crippen molar-refractivity contribution in [3.63, 3.8) is 0 Å². The highest BCUT2D eigenvalue weighted by Gasteiger charge is 2.27. The van der Waals surface area contributed by atoms with Crippen LogP contribution in [-0.4, -0.2) is 42.2 Å². The first-order valence-electron chi connectivity index (χ1n) is 5.50. The van der Waals surface area contributed by atoms with E-state index >= 15 is 0 Å². The number of aromatic nitrogens is 2. The fourth-order valence-electron chi connectivity index (χ4n) is 1.89. The lowest BCUT2D eigenvalue weighted by atomic mass is 10.1. The van der Waals surface area contributed by atoms with Crippen molar-refractivity contribution < 1.29 is 13.2 Å². The lowest BCUT2D eigenvalue weighted by Crippen LogP contribution is -2.32. The molecule has 2 heterocycles. The van der Waals surface area contributed by atoms with E-state index in [-0.39, 0.29) is 29.9 Å². The molecule has 1 aliphatic rings. The summed E-state index contributed by atoms with van der Waals surface area (Å²) in [4.78, 5) is 11.5. The van der Waals surface area contributed by atoms with Crippen molar-refractivity contribution in [2.45, 2.75) is 13.0 Å². The van der Waals surface area contributed by atoms with Crippen molar-refractivity contribution in [2.24, 2.45) is 5.92 Å². The highest BCUT2D eigenvalue weighted by Crippen LogP contribution is 2.17. The van der Waals surface area contributed by atoms with E-state index in [4.69, 9.17) is 0 Å². The summed E-state index contributed by atoms with van der Waals surface area (Å²) in [6.07, 6.45) is 3.96. The fourth-order valence-corrected chi connectivity index (χ4v) is 3.75. The van der Waals surface area contributed by atoms with Crippen LogP contribution in [0.25, 0.3) is 0 Å². The van der Waals surface area contributed by atoms with Gasteiger partial charge in [-0.25, -0.2) is 8.42 Å². The maximum atomic E-state index is 11.5. The minimum absolute atomic E-state index is 0.0570. The molecule has 1 amide bonds. The molecule has 1 fully saturated rings. The molecule has 6 nitrogen and oxygen atoms in total. The Balaban J connectivity index is 1.74. The Hall–Kier alpha value is -1.37. The van der Waals surface area contributed by atoms with Crippen LogP contribution in [0.4, 0.5) is 0 Å². The summed E-state index contributed by atoms with van der Waals surface area (Å²) in [7, 11) is -2.86. The van der Waals surface area contributed by atoms with E-state index in [1.807, 2.05) is 0 Å². The first kappa shape index (κ1) is 12.1. The van der Waals surface area contributed by atoms with Crippen molar-refractivity contribution >= 4 is 15.7 Å². The maximum absolute atomic E-state index is 11.5. The average molecular weight is 257 g/mol. The van der Waals surface area contributed by atoms with Gasteiger partial charge in [0.1, 0.15) is 6.54 Å². The molecule has 1 aliphatic heterocycles. The molecule has 1 atom stereocenters. The highest BCUT2D eigenvalue weighted by atomic mass is 32.2. The molecule has 1 aromatic heterocycles. The average Bonchev–Trinajstić information content (AvgIpc) is 2.85. The quantitative estimate of drug-likeness (QED) is 0.783. The van der Waals surface area contributed by atoms with E-state index < -0.39 is 9.84 Å². The van der Waals surface area contributed by atoms with Crippen molar-refractivity contribution in [3.8, 4) is 0 Å². The van der Waals surface area contributed by atoms with Gasteiger partial charge < -0.3 is 5.32 Å². The van der Waals surface area contributed by atoms with Crippen LogP contribution >= 0.6 is 0 Å². The van der Waals surface area contributed by atoms with E-state index in [1.165, 1.54) is 4.68 Å². The van der Waals surface area contributed by atoms with Crippen LogP contribution in [0.5, 0.6) is 0 Å². The second kappa shape index (κ2) is 4.87. The molecule has 1 aromatic rings. The van der Waals surface area contributed by atoms with Crippen LogP contribution < -0.4 is 5.32 Å². The number of nitrogens with zero attached hydrogens (tertiary/aromatic N) is 2. The maximum Gasteiger partial charge on any atom is 0.241 e. The van der Waals surface area contributed by atoms with Crippen molar-refractivity contribution in [2.75, 3.05) is 18.1 Å². The molecule has 0 unspecified atom stereocenters. The number of rotatable bonds is 4. The number of carbonyl (C=O) groups is 1. The summed E-state index contributed by atoms with van der Waals surface area (Å²) in [5.74, 6) is 0.349. The Kier molecular flexibility index (Phi) is 3.46. The molecular formula is C10H15N3O3S. The number of hydrogen-bond donors (Lipinski definition) is 1. The SMILES string of the molecule is O=C(Cn1cccn1)NC[C@@H]1CCS(=O)(=O)C1. The normalized spacial score (nSPS) is 22.5. The number of carbonyl (C=O) groups excluding carboxylic acids is 1. The van der Waals surface area contributed by atoms with Gasteiger partial charge in [-0.05, 0) is 18.4 Å². The highest BCUT2D eigenvalue weighted by molar-refractivity contribution is 7.91. The first-order chi connectivity index (χ1) is 8.05. The minimum Gasteiger partial charge on any atom is -0.354 e. The molecule has 7 heteroatoms. The van der Waals surface area contributed by atoms with Crippen LogP contribution in [0.2, 0.25) is 0 Å². The van der Waals surface area contributed by atoms with Gasteiger partial charge in [0.15, 0.2) is 9.84 Å². The Morgan fingerprint density at radius 3 is 2.94 bits per heavy atom. The summed E-state index contributed by atoms with van der Waals surface area (Å²) in [6, 6.07) is 1.75. The summed E-state index contributed by atoms with van der Waals surface area (Å²) in [6.45, 7) is 0.603. The molecule has 0 bridgehead atoms. The van der Waals surface area contributed by atoms with E-state index in [1.54, 1.807) is 18.5 Å². The third-order valence-electron chi connectivity index (χ3n) is 2.78. The van der Waals surface area contributed by atoms with Gasteiger partial charge in [0.25, 0.3) is 0 Å². The van der Waals surface area contributed by atoms with Crippen molar-refractivity contribution in [1.29, 1.82) is 0 Å². The van der Waals surface area contributed by atoms with Crippen molar-refractivity contribution in [1.82, 2.24) is 15.1 Å².